The van der Waals surface area contributed by atoms with Crippen LogP contribution in [0.25, 0.3) is 0 Å². The number of ether oxygens (including phenoxy) is 1. The summed E-state index contributed by atoms with van der Waals surface area (Å²) in [5, 5.41) is 0. The molecule has 27 heavy (non-hydrogen) atoms. The molecular weight excluding hydrogens is 355 g/mol. The Morgan fingerprint density at radius 2 is 1.93 bits per heavy atom. The number of aryl methyl sites for hydroxylation is 1. The van der Waals surface area contributed by atoms with Crippen LogP contribution in [0.3, 0.4) is 0 Å². The van der Waals surface area contributed by atoms with Gasteiger partial charge in [-0.1, -0.05) is 32.4 Å². The van der Waals surface area contributed by atoms with Crippen molar-refractivity contribution in [1.82, 2.24) is 9.97 Å². The molecule has 1 heterocycles. The molecule has 0 aliphatic carbocycles. The maximum atomic E-state index is 13.3. The molecule has 2 rings (SSSR count). The van der Waals surface area contributed by atoms with E-state index in [1.54, 1.807) is 11.8 Å². The number of rotatable bonds is 8. The first-order valence-electron chi connectivity index (χ1n) is 9.27. The molecule has 1 atom stereocenters. The molecule has 148 valence electrons. The molecule has 0 radical (unpaired) electrons. The molecule has 1 unspecified atom stereocenters. The average Bonchev–Trinajstić information content (AvgIpc) is 2.62. The van der Waals surface area contributed by atoms with Gasteiger partial charge in [-0.05, 0) is 44.4 Å². The van der Waals surface area contributed by atoms with Crippen molar-refractivity contribution in [2.45, 2.75) is 59.2 Å². The molecule has 7 heteroatoms. The van der Waals surface area contributed by atoms with Gasteiger partial charge >= 0.3 is 6.18 Å². The van der Waals surface area contributed by atoms with E-state index in [9.17, 15) is 13.2 Å². The zero-order chi connectivity index (χ0) is 20.0. The Morgan fingerprint density at radius 1 is 1.19 bits per heavy atom. The summed E-state index contributed by atoms with van der Waals surface area (Å²) < 4.78 is 45.4. The molecule has 0 saturated carbocycles. The molecular formula is C20H26F3N3O. The van der Waals surface area contributed by atoms with Crippen molar-refractivity contribution in [3.63, 3.8) is 0 Å². The second-order valence-corrected chi connectivity index (χ2v) is 6.39. The maximum Gasteiger partial charge on any atom is 0.423 e. The molecule has 0 aliphatic rings. The van der Waals surface area contributed by atoms with Gasteiger partial charge in [0.15, 0.2) is 0 Å². The van der Waals surface area contributed by atoms with Gasteiger partial charge in [0.05, 0.1) is 6.10 Å². The smallest absolute Gasteiger partial charge is 0.423 e. The molecule has 1 aromatic carbocycles. The number of anilines is 2. The topological polar surface area (TPSA) is 38.2 Å². The lowest BCUT2D eigenvalue weighted by Gasteiger charge is -2.23. The summed E-state index contributed by atoms with van der Waals surface area (Å²) in [5.74, 6) is -0.234. The van der Waals surface area contributed by atoms with E-state index in [-0.39, 0.29) is 12.1 Å². The Balaban J connectivity index is 2.46. The number of hydrogen-bond acceptors (Lipinski definition) is 4. The van der Waals surface area contributed by atoms with E-state index in [2.05, 4.69) is 16.9 Å². The highest BCUT2D eigenvalue weighted by molar-refractivity contribution is 5.58. The first-order valence-corrected chi connectivity index (χ1v) is 9.27. The average molecular weight is 381 g/mol. The predicted molar refractivity (Wildman–Crippen MR) is 101 cm³/mol. The number of hydrogen-bond donors (Lipinski definition) is 0. The summed E-state index contributed by atoms with van der Waals surface area (Å²) in [5.41, 5.74) is 1.05. The van der Waals surface area contributed by atoms with Crippen LogP contribution in [0, 0.1) is 0 Å². The SMILES string of the molecule is CCCc1cccc(N(CC)c2ncc(C(F)(F)F)c(OC(C)CC)n2)c1. The lowest BCUT2D eigenvalue weighted by Crippen LogP contribution is -2.22. The summed E-state index contributed by atoms with van der Waals surface area (Å²) in [6.07, 6.45) is -1.62. The lowest BCUT2D eigenvalue weighted by atomic mass is 10.1. The Bertz CT molecular complexity index is 749. The highest BCUT2D eigenvalue weighted by Crippen LogP contribution is 2.36. The summed E-state index contributed by atoms with van der Waals surface area (Å²) >= 11 is 0. The van der Waals surface area contributed by atoms with Crippen LogP contribution in [0.1, 0.15) is 51.7 Å². The van der Waals surface area contributed by atoms with Crippen LogP contribution in [0.15, 0.2) is 30.5 Å². The predicted octanol–water partition coefficient (Wildman–Crippen LogP) is 5.78. The van der Waals surface area contributed by atoms with Crippen molar-refractivity contribution in [3.8, 4) is 5.88 Å². The van der Waals surface area contributed by atoms with Crippen molar-refractivity contribution in [2.75, 3.05) is 11.4 Å². The van der Waals surface area contributed by atoms with Crippen LogP contribution in [0.2, 0.25) is 0 Å². The minimum Gasteiger partial charge on any atom is -0.474 e. The van der Waals surface area contributed by atoms with E-state index in [0.29, 0.717) is 13.0 Å². The van der Waals surface area contributed by atoms with Gasteiger partial charge in [-0.3, -0.25) is 0 Å². The van der Waals surface area contributed by atoms with Crippen LogP contribution < -0.4 is 9.64 Å². The van der Waals surface area contributed by atoms with Crippen molar-refractivity contribution in [2.24, 2.45) is 0 Å². The molecule has 0 N–H and O–H groups in total. The zero-order valence-electron chi connectivity index (χ0n) is 16.2. The number of aromatic nitrogens is 2. The van der Waals surface area contributed by atoms with Gasteiger partial charge in [-0.15, -0.1) is 0 Å². The van der Waals surface area contributed by atoms with Crippen molar-refractivity contribution < 1.29 is 17.9 Å². The van der Waals surface area contributed by atoms with E-state index in [1.165, 1.54) is 0 Å². The molecule has 0 bridgehead atoms. The van der Waals surface area contributed by atoms with E-state index in [4.69, 9.17) is 4.74 Å². The lowest BCUT2D eigenvalue weighted by molar-refractivity contribution is -0.139. The maximum absolute atomic E-state index is 13.3. The summed E-state index contributed by atoms with van der Waals surface area (Å²) in [7, 11) is 0. The van der Waals surface area contributed by atoms with E-state index >= 15 is 0 Å². The standard InChI is InChI=1S/C20H26F3N3O/c1-5-9-15-10-8-11-16(12-15)26(7-3)19-24-13-17(20(21,22)23)18(25-19)27-14(4)6-2/h8,10-14H,5-7,9H2,1-4H3. The second kappa shape index (κ2) is 9.06. The number of halogens is 3. The largest absolute Gasteiger partial charge is 0.474 e. The van der Waals surface area contributed by atoms with Gasteiger partial charge in [-0.25, -0.2) is 4.98 Å². The Hall–Kier alpha value is -2.31. The first kappa shape index (κ1) is 21.0. The van der Waals surface area contributed by atoms with Crippen LogP contribution >= 0.6 is 0 Å². The van der Waals surface area contributed by atoms with Gasteiger partial charge < -0.3 is 9.64 Å². The fraction of sp³-hybridized carbons (Fsp3) is 0.500. The van der Waals surface area contributed by atoms with Gasteiger partial charge in [0.2, 0.25) is 11.8 Å². The minimum absolute atomic E-state index is 0.192. The Kier molecular flexibility index (Phi) is 7.05. The Labute approximate surface area is 158 Å². The monoisotopic (exact) mass is 381 g/mol. The third-order valence-electron chi connectivity index (χ3n) is 4.25. The van der Waals surface area contributed by atoms with Gasteiger partial charge in [0, 0.05) is 18.4 Å². The van der Waals surface area contributed by atoms with Crippen LogP contribution in [-0.2, 0) is 12.6 Å². The summed E-state index contributed by atoms with van der Waals surface area (Å²) in [4.78, 5) is 9.88. The summed E-state index contributed by atoms with van der Waals surface area (Å²) in [6.45, 7) is 8.08. The normalized spacial score (nSPS) is 12.7. The third-order valence-corrected chi connectivity index (χ3v) is 4.25. The van der Waals surface area contributed by atoms with Crippen LogP contribution in [0.5, 0.6) is 5.88 Å². The van der Waals surface area contributed by atoms with E-state index in [0.717, 1.165) is 30.3 Å². The molecule has 0 aliphatic heterocycles. The van der Waals surface area contributed by atoms with E-state index < -0.39 is 17.6 Å². The molecule has 0 amide bonds. The molecule has 4 nitrogen and oxygen atoms in total. The first-order chi connectivity index (χ1) is 12.8. The highest BCUT2D eigenvalue weighted by atomic mass is 19.4. The molecule has 2 aromatic rings. The van der Waals surface area contributed by atoms with Crippen molar-refractivity contribution >= 4 is 11.6 Å². The highest BCUT2D eigenvalue weighted by Gasteiger charge is 2.37. The van der Waals surface area contributed by atoms with Gasteiger partial charge in [0.1, 0.15) is 5.56 Å². The van der Waals surface area contributed by atoms with E-state index in [1.807, 2.05) is 38.1 Å². The minimum atomic E-state index is -4.57. The van der Waals surface area contributed by atoms with Crippen molar-refractivity contribution in [3.05, 3.63) is 41.6 Å². The quantitative estimate of drug-likeness (QED) is 0.581. The number of benzene rings is 1. The zero-order valence-corrected chi connectivity index (χ0v) is 16.2. The second-order valence-electron chi connectivity index (χ2n) is 6.39. The fourth-order valence-corrected chi connectivity index (χ4v) is 2.65. The van der Waals surface area contributed by atoms with Crippen LogP contribution in [0.4, 0.5) is 24.8 Å². The van der Waals surface area contributed by atoms with Gasteiger partial charge in [0.25, 0.3) is 0 Å². The number of alkyl halides is 3. The van der Waals surface area contributed by atoms with Crippen molar-refractivity contribution in [1.29, 1.82) is 0 Å². The van der Waals surface area contributed by atoms with Gasteiger partial charge in [-0.2, -0.15) is 18.2 Å². The van der Waals surface area contributed by atoms with Crippen LogP contribution in [-0.4, -0.2) is 22.6 Å². The molecule has 0 saturated heterocycles. The fourth-order valence-electron chi connectivity index (χ4n) is 2.65. The molecule has 1 aromatic heterocycles. The Morgan fingerprint density at radius 3 is 2.52 bits per heavy atom. The summed E-state index contributed by atoms with van der Waals surface area (Å²) in [6, 6.07) is 7.89. The molecule has 0 spiro atoms. The number of nitrogens with zero attached hydrogens (tertiary/aromatic N) is 3. The third kappa shape index (κ3) is 5.34. The molecule has 0 fully saturated rings.